The van der Waals surface area contributed by atoms with Crippen LogP contribution < -0.4 is 0 Å². The Morgan fingerprint density at radius 3 is 2.04 bits per heavy atom. The molecule has 1 atom stereocenters. The summed E-state index contributed by atoms with van der Waals surface area (Å²) in [6.45, 7) is 0. The van der Waals surface area contributed by atoms with Crippen molar-refractivity contribution in [3.8, 4) is 0 Å². The molecule has 2 aromatic carbocycles. The van der Waals surface area contributed by atoms with Gasteiger partial charge in [-0.1, -0.05) is 30.3 Å². The molecule has 0 unspecified atom stereocenters. The molecular weight excluding hydrogens is 358 g/mol. The van der Waals surface area contributed by atoms with Gasteiger partial charge in [-0.05, 0) is 24.3 Å². The van der Waals surface area contributed by atoms with Gasteiger partial charge in [0.2, 0.25) is 16.1 Å². The number of rotatable bonds is 6. The zero-order valence-electron chi connectivity index (χ0n) is 14.6. The van der Waals surface area contributed by atoms with E-state index in [4.69, 9.17) is 9.47 Å². The van der Waals surface area contributed by atoms with Gasteiger partial charge in [-0.25, -0.2) is 22.3 Å². The zero-order chi connectivity index (χ0) is 19.3. The fourth-order valence-electron chi connectivity index (χ4n) is 2.14. The minimum absolute atomic E-state index is 0.0478. The molecule has 0 fully saturated rings. The minimum Gasteiger partial charge on any atom is -0.466 e. The monoisotopic (exact) mass is 377 g/mol. The number of benzene rings is 2. The van der Waals surface area contributed by atoms with E-state index in [1.165, 1.54) is 45.5 Å². The van der Waals surface area contributed by atoms with E-state index in [0.717, 1.165) is 4.31 Å². The molecule has 0 saturated carbocycles. The third kappa shape index (κ3) is 4.27. The number of carbonyl (C=O) groups excluding carboxylic acids is 2. The Labute approximate surface area is 152 Å². The summed E-state index contributed by atoms with van der Waals surface area (Å²) in [6, 6.07) is 13.7. The number of nitrogens with zero attached hydrogens (tertiary/aromatic N) is 1. The van der Waals surface area contributed by atoms with Crippen LogP contribution in [0.4, 0.5) is 0 Å². The second kappa shape index (κ2) is 8.11. The molecule has 7 nitrogen and oxygen atoms in total. The molecule has 0 aromatic heterocycles. The smallest absolute Gasteiger partial charge is 0.351 e. The van der Waals surface area contributed by atoms with Crippen LogP contribution in [0.2, 0.25) is 0 Å². The number of sulfonamides is 1. The number of carbonyl (C=O) groups is 2. The SMILES string of the molecule is COC(=O)[C@@H](OC(=O)c1ccc(S(=O)(=O)N(C)C)cc1)c1ccccc1. The third-order valence-corrected chi connectivity index (χ3v) is 5.44. The lowest BCUT2D eigenvalue weighted by atomic mass is 10.1. The van der Waals surface area contributed by atoms with E-state index >= 15 is 0 Å². The summed E-state index contributed by atoms with van der Waals surface area (Å²) in [4.78, 5) is 24.4. The van der Waals surface area contributed by atoms with Crippen molar-refractivity contribution in [2.24, 2.45) is 0 Å². The van der Waals surface area contributed by atoms with Gasteiger partial charge in [0.05, 0.1) is 17.6 Å². The fraction of sp³-hybridized carbons (Fsp3) is 0.222. The van der Waals surface area contributed by atoms with E-state index in [2.05, 4.69) is 0 Å². The topological polar surface area (TPSA) is 90.0 Å². The quantitative estimate of drug-likeness (QED) is 0.716. The molecule has 0 amide bonds. The number of ether oxygens (including phenoxy) is 2. The van der Waals surface area contributed by atoms with Gasteiger partial charge in [0.25, 0.3) is 0 Å². The number of hydrogen-bond donors (Lipinski definition) is 0. The number of methoxy groups -OCH3 is 1. The Bertz CT molecular complexity index is 876. The average Bonchev–Trinajstić information content (AvgIpc) is 2.66. The molecule has 138 valence electrons. The highest BCUT2D eigenvalue weighted by Gasteiger charge is 2.26. The Morgan fingerprint density at radius 2 is 1.54 bits per heavy atom. The van der Waals surface area contributed by atoms with Crippen molar-refractivity contribution in [1.29, 1.82) is 0 Å². The lowest BCUT2D eigenvalue weighted by molar-refractivity contribution is -0.151. The average molecular weight is 377 g/mol. The number of hydrogen-bond acceptors (Lipinski definition) is 6. The van der Waals surface area contributed by atoms with Crippen LogP contribution in [0, 0.1) is 0 Å². The molecule has 0 spiro atoms. The summed E-state index contributed by atoms with van der Waals surface area (Å²) in [6.07, 6.45) is -1.21. The van der Waals surface area contributed by atoms with Crippen LogP contribution in [0.5, 0.6) is 0 Å². The predicted molar refractivity (Wildman–Crippen MR) is 93.9 cm³/mol. The minimum atomic E-state index is -3.60. The zero-order valence-corrected chi connectivity index (χ0v) is 15.4. The van der Waals surface area contributed by atoms with Crippen molar-refractivity contribution in [2.45, 2.75) is 11.0 Å². The number of esters is 2. The molecular formula is C18H19NO6S. The van der Waals surface area contributed by atoms with Crippen LogP contribution in [0.1, 0.15) is 22.0 Å². The standard InChI is InChI=1S/C18H19NO6S/c1-19(2)26(22,23)15-11-9-14(10-12-15)17(20)25-16(18(21)24-3)13-7-5-4-6-8-13/h4-12,16H,1-3H3/t16-/m0/s1. The van der Waals surface area contributed by atoms with E-state index in [1.807, 2.05) is 0 Å². The molecule has 0 radical (unpaired) electrons. The second-order valence-electron chi connectivity index (χ2n) is 5.53. The molecule has 0 saturated heterocycles. The van der Waals surface area contributed by atoms with Gasteiger partial charge in [-0.2, -0.15) is 0 Å². The van der Waals surface area contributed by atoms with Crippen LogP contribution in [0.15, 0.2) is 59.5 Å². The summed E-state index contributed by atoms with van der Waals surface area (Å²) in [7, 11) is 0.436. The van der Waals surface area contributed by atoms with Crippen molar-refractivity contribution in [1.82, 2.24) is 4.31 Å². The highest BCUT2D eigenvalue weighted by Crippen LogP contribution is 2.21. The molecule has 2 aromatic rings. The van der Waals surface area contributed by atoms with Gasteiger partial charge in [-0.15, -0.1) is 0 Å². The lowest BCUT2D eigenvalue weighted by Crippen LogP contribution is -2.23. The van der Waals surface area contributed by atoms with Gasteiger partial charge in [0.1, 0.15) is 0 Å². The van der Waals surface area contributed by atoms with Gasteiger partial charge in [-0.3, -0.25) is 0 Å². The first kappa shape index (κ1) is 19.6. The summed E-state index contributed by atoms with van der Waals surface area (Å²) < 4.78 is 35.1. The summed E-state index contributed by atoms with van der Waals surface area (Å²) in [5.74, 6) is -1.48. The van der Waals surface area contributed by atoms with E-state index in [9.17, 15) is 18.0 Å². The van der Waals surface area contributed by atoms with Crippen LogP contribution in [-0.2, 0) is 24.3 Å². The van der Waals surface area contributed by atoms with Crippen molar-refractivity contribution >= 4 is 22.0 Å². The molecule has 8 heteroatoms. The Balaban J connectivity index is 2.24. The Kier molecular flexibility index (Phi) is 6.12. The second-order valence-corrected chi connectivity index (χ2v) is 7.68. The lowest BCUT2D eigenvalue weighted by Gasteiger charge is -2.16. The molecule has 26 heavy (non-hydrogen) atoms. The maximum Gasteiger partial charge on any atom is 0.351 e. The van der Waals surface area contributed by atoms with Crippen molar-refractivity contribution in [2.75, 3.05) is 21.2 Å². The first-order chi connectivity index (χ1) is 12.3. The molecule has 0 aliphatic heterocycles. The van der Waals surface area contributed by atoms with Gasteiger partial charge in [0.15, 0.2) is 0 Å². The van der Waals surface area contributed by atoms with Gasteiger partial charge in [0, 0.05) is 19.7 Å². The molecule has 0 bridgehead atoms. The first-order valence-electron chi connectivity index (χ1n) is 7.63. The van der Waals surface area contributed by atoms with Crippen LogP contribution in [-0.4, -0.2) is 45.9 Å². The van der Waals surface area contributed by atoms with E-state index < -0.39 is 28.1 Å². The van der Waals surface area contributed by atoms with Gasteiger partial charge < -0.3 is 9.47 Å². The fourth-order valence-corrected chi connectivity index (χ4v) is 3.04. The van der Waals surface area contributed by atoms with Crippen molar-refractivity contribution < 1.29 is 27.5 Å². The maximum absolute atomic E-state index is 12.4. The van der Waals surface area contributed by atoms with E-state index in [0.29, 0.717) is 5.56 Å². The Morgan fingerprint density at radius 1 is 0.962 bits per heavy atom. The summed E-state index contributed by atoms with van der Waals surface area (Å²) in [5.41, 5.74) is 0.590. The van der Waals surface area contributed by atoms with E-state index in [1.54, 1.807) is 30.3 Å². The predicted octanol–water partition coefficient (Wildman–Crippen LogP) is 2.01. The molecule has 0 heterocycles. The van der Waals surface area contributed by atoms with Crippen molar-refractivity contribution in [3.05, 3.63) is 65.7 Å². The molecule has 0 aliphatic rings. The third-order valence-electron chi connectivity index (χ3n) is 3.61. The molecule has 2 rings (SSSR count). The van der Waals surface area contributed by atoms with Crippen molar-refractivity contribution in [3.63, 3.8) is 0 Å². The largest absolute Gasteiger partial charge is 0.466 e. The normalized spacial score (nSPS) is 12.5. The Hall–Kier alpha value is -2.71. The molecule has 0 N–H and O–H groups in total. The molecule has 0 aliphatic carbocycles. The van der Waals surface area contributed by atoms with Gasteiger partial charge >= 0.3 is 11.9 Å². The van der Waals surface area contributed by atoms with Crippen LogP contribution in [0.25, 0.3) is 0 Å². The summed E-state index contributed by atoms with van der Waals surface area (Å²) in [5, 5.41) is 0. The highest BCUT2D eigenvalue weighted by atomic mass is 32.2. The maximum atomic E-state index is 12.4. The summed E-state index contributed by atoms with van der Waals surface area (Å²) >= 11 is 0. The first-order valence-corrected chi connectivity index (χ1v) is 9.07. The van der Waals surface area contributed by atoms with Crippen LogP contribution in [0.3, 0.4) is 0 Å². The highest BCUT2D eigenvalue weighted by molar-refractivity contribution is 7.89. The van der Waals surface area contributed by atoms with Crippen LogP contribution >= 0.6 is 0 Å². The van der Waals surface area contributed by atoms with E-state index in [-0.39, 0.29) is 10.5 Å².